The van der Waals surface area contributed by atoms with Crippen molar-refractivity contribution >= 4 is 0 Å². The van der Waals surface area contributed by atoms with E-state index in [1.165, 1.54) is 24.8 Å². The number of phenolic OH excluding ortho intramolecular Hbond substituents is 1. The fraction of sp³-hybridized carbons (Fsp3) is 0.647. The van der Waals surface area contributed by atoms with Crippen LogP contribution in [0.5, 0.6) is 11.5 Å². The molecule has 3 N–H and O–H groups in total. The second-order valence-corrected chi connectivity index (χ2v) is 5.89. The maximum Gasteiger partial charge on any atom is 0.161 e. The molecule has 0 spiro atoms. The van der Waals surface area contributed by atoms with Crippen LogP contribution in [0.4, 0.5) is 0 Å². The Labute approximate surface area is 127 Å². The monoisotopic (exact) mass is 292 g/mol. The van der Waals surface area contributed by atoms with E-state index in [0.29, 0.717) is 24.9 Å². The van der Waals surface area contributed by atoms with Crippen molar-refractivity contribution in [1.29, 1.82) is 0 Å². The molecule has 1 saturated heterocycles. The Morgan fingerprint density at radius 1 is 1.38 bits per heavy atom. The molecule has 0 radical (unpaired) electrons. The Hall–Kier alpha value is -1.26. The van der Waals surface area contributed by atoms with Gasteiger partial charge in [-0.25, -0.2) is 0 Å². The second kappa shape index (κ2) is 7.66. The van der Waals surface area contributed by atoms with Gasteiger partial charge in [0.15, 0.2) is 11.5 Å². The molecule has 0 bridgehead atoms. The van der Waals surface area contributed by atoms with Crippen molar-refractivity contribution < 1.29 is 9.84 Å². The Morgan fingerprint density at radius 3 is 2.86 bits per heavy atom. The molecule has 21 heavy (non-hydrogen) atoms. The first-order valence-corrected chi connectivity index (χ1v) is 8.06. The van der Waals surface area contributed by atoms with Crippen LogP contribution in [0.15, 0.2) is 18.2 Å². The number of hydrogen-bond donors (Lipinski definition) is 2. The van der Waals surface area contributed by atoms with E-state index < -0.39 is 0 Å². The van der Waals surface area contributed by atoms with Crippen LogP contribution in [-0.4, -0.2) is 35.7 Å². The number of aromatic hydroxyl groups is 1. The molecule has 0 saturated carbocycles. The van der Waals surface area contributed by atoms with Gasteiger partial charge in [0.2, 0.25) is 0 Å². The summed E-state index contributed by atoms with van der Waals surface area (Å²) in [5.74, 6) is 1.59. The minimum absolute atomic E-state index is 0.209. The lowest BCUT2D eigenvalue weighted by Crippen LogP contribution is -2.46. The van der Waals surface area contributed by atoms with Gasteiger partial charge in [-0.1, -0.05) is 19.4 Å². The molecular weight excluding hydrogens is 264 g/mol. The van der Waals surface area contributed by atoms with Gasteiger partial charge in [-0.2, -0.15) is 0 Å². The van der Waals surface area contributed by atoms with Crippen LogP contribution in [0.2, 0.25) is 0 Å². The standard InChI is InChI=1S/C17H28N2O2/c1-3-13-7-8-19(15(9-13)11-18)12-14-5-6-16(20)17(10-14)21-4-2/h5-6,10,13,15,20H,3-4,7-9,11-12,18H2,1-2H3. The zero-order chi connectivity index (χ0) is 15.2. The number of ether oxygens (including phenoxy) is 1. The predicted octanol–water partition coefficient (Wildman–Crippen LogP) is 2.74. The topological polar surface area (TPSA) is 58.7 Å². The van der Waals surface area contributed by atoms with Gasteiger partial charge in [0.05, 0.1) is 6.61 Å². The summed E-state index contributed by atoms with van der Waals surface area (Å²) in [4.78, 5) is 2.47. The van der Waals surface area contributed by atoms with Crippen LogP contribution in [-0.2, 0) is 6.54 Å². The minimum Gasteiger partial charge on any atom is -0.504 e. The molecule has 1 aromatic rings. The van der Waals surface area contributed by atoms with Gasteiger partial charge < -0.3 is 15.6 Å². The SMILES string of the molecule is CCOc1cc(CN2CCC(CC)CC2CN)ccc1O. The van der Waals surface area contributed by atoms with Gasteiger partial charge in [0.25, 0.3) is 0 Å². The minimum atomic E-state index is 0.209. The molecule has 2 atom stereocenters. The van der Waals surface area contributed by atoms with Gasteiger partial charge in [-0.15, -0.1) is 0 Å². The lowest BCUT2D eigenvalue weighted by atomic mass is 9.88. The molecule has 1 aromatic carbocycles. The summed E-state index contributed by atoms with van der Waals surface area (Å²) in [5, 5.41) is 9.78. The molecule has 2 unspecified atom stereocenters. The predicted molar refractivity (Wildman–Crippen MR) is 85.5 cm³/mol. The number of phenols is 1. The van der Waals surface area contributed by atoms with Crippen LogP contribution in [0, 0.1) is 5.92 Å². The normalized spacial score (nSPS) is 23.2. The van der Waals surface area contributed by atoms with E-state index in [1.54, 1.807) is 6.07 Å². The average Bonchev–Trinajstić information content (AvgIpc) is 2.51. The average molecular weight is 292 g/mol. The Balaban J connectivity index is 2.05. The number of nitrogens with two attached hydrogens (primary N) is 1. The summed E-state index contributed by atoms with van der Waals surface area (Å²) in [7, 11) is 0. The molecular formula is C17H28N2O2. The number of hydrogen-bond acceptors (Lipinski definition) is 4. The third-order valence-corrected chi connectivity index (χ3v) is 4.51. The molecule has 1 fully saturated rings. The molecule has 118 valence electrons. The van der Waals surface area contributed by atoms with Crippen molar-refractivity contribution in [3.05, 3.63) is 23.8 Å². The van der Waals surface area contributed by atoms with Crippen molar-refractivity contribution in [2.75, 3.05) is 19.7 Å². The Kier molecular flexibility index (Phi) is 5.88. The highest BCUT2D eigenvalue weighted by atomic mass is 16.5. The van der Waals surface area contributed by atoms with Crippen molar-refractivity contribution in [2.24, 2.45) is 11.7 Å². The van der Waals surface area contributed by atoms with Crippen molar-refractivity contribution in [2.45, 2.75) is 45.7 Å². The summed E-state index contributed by atoms with van der Waals surface area (Å²) >= 11 is 0. The van der Waals surface area contributed by atoms with E-state index in [9.17, 15) is 5.11 Å². The highest BCUT2D eigenvalue weighted by Gasteiger charge is 2.26. The van der Waals surface area contributed by atoms with E-state index >= 15 is 0 Å². The highest BCUT2D eigenvalue weighted by molar-refractivity contribution is 5.41. The summed E-state index contributed by atoms with van der Waals surface area (Å²) in [5.41, 5.74) is 7.13. The Bertz CT molecular complexity index is 450. The summed E-state index contributed by atoms with van der Waals surface area (Å²) < 4.78 is 5.46. The van der Waals surface area contributed by atoms with E-state index in [2.05, 4.69) is 11.8 Å². The molecule has 2 rings (SSSR count). The van der Waals surface area contributed by atoms with Crippen molar-refractivity contribution in [3.63, 3.8) is 0 Å². The maximum absolute atomic E-state index is 9.78. The molecule has 0 aliphatic carbocycles. The fourth-order valence-electron chi connectivity index (χ4n) is 3.17. The van der Waals surface area contributed by atoms with Crippen LogP contribution in [0.3, 0.4) is 0 Å². The Morgan fingerprint density at radius 2 is 2.19 bits per heavy atom. The van der Waals surface area contributed by atoms with Gasteiger partial charge in [0.1, 0.15) is 0 Å². The lowest BCUT2D eigenvalue weighted by Gasteiger charge is -2.39. The zero-order valence-corrected chi connectivity index (χ0v) is 13.2. The number of nitrogens with zero attached hydrogens (tertiary/aromatic N) is 1. The number of rotatable bonds is 6. The number of piperidine rings is 1. The highest BCUT2D eigenvalue weighted by Crippen LogP contribution is 2.30. The number of likely N-dealkylation sites (tertiary alicyclic amines) is 1. The van der Waals surface area contributed by atoms with Crippen LogP contribution >= 0.6 is 0 Å². The molecule has 1 aliphatic heterocycles. The van der Waals surface area contributed by atoms with Gasteiger partial charge in [-0.3, -0.25) is 4.90 Å². The van der Waals surface area contributed by atoms with Gasteiger partial charge in [0, 0.05) is 19.1 Å². The molecule has 0 amide bonds. The largest absolute Gasteiger partial charge is 0.504 e. The summed E-state index contributed by atoms with van der Waals surface area (Å²) in [6.07, 6.45) is 3.70. The lowest BCUT2D eigenvalue weighted by molar-refractivity contribution is 0.107. The van der Waals surface area contributed by atoms with E-state index in [0.717, 1.165) is 19.0 Å². The van der Waals surface area contributed by atoms with Crippen LogP contribution in [0.1, 0.15) is 38.7 Å². The maximum atomic E-state index is 9.78. The molecule has 4 nitrogen and oxygen atoms in total. The van der Waals surface area contributed by atoms with Gasteiger partial charge in [-0.05, 0) is 49.9 Å². The van der Waals surface area contributed by atoms with E-state index in [1.807, 2.05) is 19.1 Å². The first-order chi connectivity index (χ1) is 10.2. The van der Waals surface area contributed by atoms with E-state index in [-0.39, 0.29) is 5.75 Å². The summed E-state index contributed by atoms with van der Waals surface area (Å²) in [6, 6.07) is 6.10. The van der Waals surface area contributed by atoms with Gasteiger partial charge >= 0.3 is 0 Å². The number of benzene rings is 1. The molecule has 1 aliphatic rings. The molecule has 4 heteroatoms. The summed E-state index contributed by atoms with van der Waals surface area (Å²) in [6.45, 7) is 7.44. The molecule has 0 aromatic heterocycles. The fourth-order valence-corrected chi connectivity index (χ4v) is 3.17. The van der Waals surface area contributed by atoms with E-state index in [4.69, 9.17) is 10.5 Å². The third kappa shape index (κ3) is 4.11. The smallest absolute Gasteiger partial charge is 0.161 e. The van der Waals surface area contributed by atoms with Crippen molar-refractivity contribution in [1.82, 2.24) is 4.90 Å². The van der Waals surface area contributed by atoms with Crippen LogP contribution < -0.4 is 10.5 Å². The molecule has 1 heterocycles. The van der Waals surface area contributed by atoms with Crippen molar-refractivity contribution in [3.8, 4) is 11.5 Å². The first kappa shape index (κ1) is 16.1. The quantitative estimate of drug-likeness (QED) is 0.846. The third-order valence-electron chi connectivity index (χ3n) is 4.51. The second-order valence-electron chi connectivity index (χ2n) is 5.89. The first-order valence-electron chi connectivity index (χ1n) is 8.06. The van der Waals surface area contributed by atoms with Crippen LogP contribution in [0.25, 0.3) is 0 Å². The zero-order valence-electron chi connectivity index (χ0n) is 13.2.